The minimum atomic E-state index is -4.24. The molecule has 2 amide bonds. The molecule has 0 saturated heterocycles. The van der Waals surface area contributed by atoms with Crippen LogP contribution in [0.5, 0.6) is 5.75 Å². The largest absolute Gasteiger partial charge is 0.497 e. The number of rotatable bonds is 12. The maximum atomic E-state index is 14.3. The lowest BCUT2D eigenvalue weighted by atomic mass is 10.0. The monoisotopic (exact) mass is 619 g/mol. The van der Waals surface area contributed by atoms with Crippen molar-refractivity contribution in [1.82, 2.24) is 10.2 Å². The number of nitrogens with one attached hydrogen (secondary N) is 1. The third kappa shape index (κ3) is 7.74. The molecule has 0 aliphatic heterocycles. The second-order valence-corrected chi connectivity index (χ2v) is 12.2. The molecule has 0 aliphatic carbocycles. The highest BCUT2D eigenvalue weighted by atomic mass is 35.5. The van der Waals surface area contributed by atoms with Crippen LogP contribution >= 0.6 is 11.6 Å². The number of hydrogen-bond donors (Lipinski definition) is 1. The van der Waals surface area contributed by atoms with Gasteiger partial charge in [-0.2, -0.15) is 0 Å². The first-order valence-corrected chi connectivity index (χ1v) is 15.5. The molecule has 10 heteroatoms. The molecule has 0 aromatic heterocycles. The number of aryl methyl sites for hydroxylation is 1. The molecule has 224 valence electrons. The molecule has 0 radical (unpaired) electrons. The highest BCUT2D eigenvalue weighted by Crippen LogP contribution is 2.28. The molecule has 1 unspecified atom stereocenters. The number of halogens is 1. The van der Waals surface area contributed by atoms with Crippen LogP contribution in [-0.2, 0) is 32.6 Å². The summed E-state index contributed by atoms with van der Waals surface area (Å²) in [6.07, 6.45) is 0.237. The second-order valence-electron chi connectivity index (χ2n) is 9.93. The Morgan fingerprint density at radius 3 is 2.21 bits per heavy atom. The molecule has 0 fully saturated rings. The summed E-state index contributed by atoms with van der Waals surface area (Å²) in [5, 5.41) is 3.00. The van der Waals surface area contributed by atoms with Gasteiger partial charge < -0.3 is 15.0 Å². The summed E-state index contributed by atoms with van der Waals surface area (Å²) in [4.78, 5) is 29.1. The number of sulfonamides is 1. The Morgan fingerprint density at radius 1 is 0.907 bits per heavy atom. The summed E-state index contributed by atoms with van der Waals surface area (Å²) in [5.41, 5.74) is 2.85. The van der Waals surface area contributed by atoms with Gasteiger partial charge in [-0.3, -0.25) is 13.9 Å². The van der Waals surface area contributed by atoms with Crippen LogP contribution in [0.25, 0.3) is 0 Å². The molecule has 4 aromatic rings. The summed E-state index contributed by atoms with van der Waals surface area (Å²) in [6, 6.07) is 28.3. The van der Waals surface area contributed by atoms with Gasteiger partial charge in [0.05, 0.1) is 17.7 Å². The normalized spacial score (nSPS) is 11.8. The first-order valence-electron chi connectivity index (χ1n) is 13.7. The van der Waals surface area contributed by atoms with Gasteiger partial charge in [0.25, 0.3) is 10.0 Å². The van der Waals surface area contributed by atoms with Gasteiger partial charge >= 0.3 is 0 Å². The van der Waals surface area contributed by atoms with Crippen molar-refractivity contribution < 1.29 is 22.7 Å². The fourth-order valence-electron chi connectivity index (χ4n) is 4.73. The Labute approximate surface area is 257 Å². The fourth-order valence-corrected chi connectivity index (χ4v) is 6.32. The molecule has 8 nitrogen and oxygen atoms in total. The van der Waals surface area contributed by atoms with Crippen LogP contribution < -0.4 is 14.4 Å². The number of carbonyl (C=O) groups is 2. The van der Waals surface area contributed by atoms with E-state index in [1.807, 2.05) is 61.5 Å². The van der Waals surface area contributed by atoms with E-state index >= 15 is 0 Å². The minimum Gasteiger partial charge on any atom is -0.497 e. The van der Waals surface area contributed by atoms with Crippen LogP contribution in [0.4, 0.5) is 5.69 Å². The van der Waals surface area contributed by atoms with Gasteiger partial charge in [0, 0.05) is 25.0 Å². The number of carbonyl (C=O) groups excluding carboxylic acids is 2. The zero-order chi connectivity index (χ0) is 31.0. The van der Waals surface area contributed by atoms with E-state index in [0.717, 1.165) is 21.0 Å². The summed E-state index contributed by atoms with van der Waals surface area (Å²) < 4.78 is 34.3. The number of methoxy groups -OCH3 is 1. The van der Waals surface area contributed by atoms with Crippen molar-refractivity contribution in [1.29, 1.82) is 0 Å². The van der Waals surface area contributed by atoms with Crippen molar-refractivity contribution in [2.24, 2.45) is 0 Å². The van der Waals surface area contributed by atoms with E-state index in [1.54, 1.807) is 18.2 Å². The second kappa shape index (κ2) is 14.2. The molecule has 1 N–H and O–H groups in total. The Kier molecular flexibility index (Phi) is 10.4. The summed E-state index contributed by atoms with van der Waals surface area (Å²) in [6.45, 7) is 1.46. The first kappa shape index (κ1) is 31.6. The van der Waals surface area contributed by atoms with Crippen molar-refractivity contribution in [2.75, 3.05) is 25.0 Å². The predicted molar refractivity (Wildman–Crippen MR) is 169 cm³/mol. The first-order chi connectivity index (χ1) is 20.6. The molecular weight excluding hydrogens is 586 g/mol. The summed E-state index contributed by atoms with van der Waals surface area (Å²) >= 11 is 6.26. The van der Waals surface area contributed by atoms with E-state index in [1.165, 1.54) is 49.4 Å². The van der Waals surface area contributed by atoms with E-state index in [2.05, 4.69) is 5.32 Å². The molecule has 4 aromatic carbocycles. The van der Waals surface area contributed by atoms with Crippen LogP contribution in [0.2, 0.25) is 5.02 Å². The Morgan fingerprint density at radius 2 is 1.58 bits per heavy atom. The third-order valence-electron chi connectivity index (χ3n) is 7.14. The van der Waals surface area contributed by atoms with Gasteiger partial charge in [-0.1, -0.05) is 72.3 Å². The number of ether oxygens (including phenoxy) is 1. The minimum absolute atomic E-state index is 0.0290. The van der Waals surface area contributed by atoms with Crippen molar-refractivity contribution in [2.45, 2.75) is 30.8 Å². The lowest BCUT2D eigenvalue weighted by Crippen LogP contribution is -2.53. The summed E-state index contributed by atoms with van der Waals surface area (Å²) in [7, 11) is -1.24. The van der Waals surface area contributed by atoms with Gasteiger partial charge in [-0.15, -0.1) is 0 Å². The van der Waals surface area contributed by atoms with Gasteiger partial charge in [0.2, 0.25) is 11.8 Å². The lowest BCUT2D eigenvalue weighted by molar-refractivity contribution is -0.139. The fraction of sp³-hybridized carbons (Fsp3) is 0.212. The molecule has 43 heavy (non-hydrogen) atoms. The lowest BCUT2D eigenvalue weighted by Gasteiger charge is -2.34. The Balaban J connectivity index is 1.79. The van der Waals surface area contributed by atoms with E-state index in [9.17, 15) is 18.0 Å². The van der Waals surface area contributed by atoms with Crippen LogP contribution in [-0.4, -0.2) is 51.9 Å². The van der Waals surface area contributed by atoms with Gasteiger partial charge in [-0.05, 0) is 66.1 Å². The van der Waals surface area contributed by atoms with Crippen molar-refractivity contribution in [3.63, 3.8) is 0 Å². The number of benzene rings is 4. The van der Waals surface area contributed by atoms with E-state index in [4.69, 9.17) is 16.3 Å². The van der Waals surface area contributed by atoms with Crippen molar-refractivity contribution in [3.8, 4) is 5.75 Å². The molecule has 0 heterocycles. The van der Waals surface area contributed by atoms with E-state index in [-0.39, 0.29) is 29.5 Å². The molecule has 0 saturated carbocycles. The average Bonchev–Trinajstić information content (AvgIpc) is 3.02. The number of nitrogens with zero attached hydrogens (tertiary/aromatic N) is 2. The SMILES string of the molecule is CNC(=O)C(Cc1ccccc1)N(Cc1ccccc1C)C(=O)CN(c1cccc(Cl)c1)S(=O)(=O)c1ccc(OC)cc1. The number of anilines is 1. The Bertz CT molecular complexity index is 1660. The molecular formula is C33H34ClN3O5S. The predicted octanol–water partition coefficient (Wildman–Crippen LogP) is 5.24. The molecule has 1 atom stereocenters. The van der Waals surface area contributed by atoms with Crippen molar-refractivity contribution >= 4 is 39.1 Å². The smallest absolute Gasteiger partial charge is 0.264 e. The van der Waals surface area contributed by atoms with Gasteiger partial charge in [0.1, 0.15) is 18.3 Å². The van der Waals surface area contributed by atoms with Gasteiger partial charge in [0.15, 0.2) is 0 Å². The number of likely N-dealkylation sites (N-methyl/N-ethyl adjacent to an activating group) is 1. The number of amides is 2. The van der Waals surface area contributed by atoms with Crippen LogP contribution in [0.1, 0.15) is 16.7 Å². The average molecular weight is 620 g/mol. The van der Waals surface area contributed by atoms with Crippen LogP contribution in [0.3, 0.4) is 0 Å². The standard InChI is InChI=1S/C33H34ClN3O5S/c1-24-10-7-8-13-26(24)22-36(31(33(39)35-2)20-25-11-5-4-6-12-25)32(38)23-37(28-15-9-14-27(34)21-28)43(40,41)30-18-16-29(42-3)17-19-30/h4-19,21,31H,20,22-23H2,1-3H3,(H,35,39). The molecule has 0 aliphatic rings. The third-order valence-corrected chi connectivity index (χ3v) is 9.17. The maximum absolute atomic E-state index is 14.3. The quantitative estimate of drug-likeness (QED) is 0.234. The van der Waals surface area contributed by atoms with Crippen LogP contribution in [0.15, 0.2) is 108 Å². The molecule has 0 spiro atoms. The van der Waals surface area contributed by atoms with Crippen LogP contribution in [0, 0.1) is 6.92 Å². The number of hydrogen-bond acceptors (Lipinski definition) is 5. The van der Waals surface area contributed by atoms with Crippen molar-refractivity contribution in [3.05, 3.63) is 125 Å². The van der Waals surface area contributed by atoms with E-state index < -0.39 is 28.5 Å². The highest BCUT2D eigenvalue weighted by Gasteiger charge is 2.34. The topological polar surface area (TPSA) is 96.0 Å². The summed E-state index contributed by atoms with van der Waals surface area (Å²) in [5.74, 6) is -0.425. The molecule has 0 bridgehead atoms. The maximum Gasteiger partial charge on any atom is 0.264 e. The van der Waals surface area contributed by atoms with Gasteiger partial charge in [-0.25, -0.2) is 8.42 Å². The zero-order valence-electron chi connectivity index (χ0n) is 24.2. The molecule has 4 rings (SSSR count). The zero-order valence-corrected chi connectivity index (χ0v) is 25.8. The highest BCUT2D eigenvalue weighted by molar-refractivity contribution is 7.92. The van der Waals surface area contributed by atoms with E-state index in [0.29, 0.717) is 10.8 Å². The Hall–Kier alpha value is -4.34.